The number of rotatable bonds is 3. The van der Waals surface area contributed by atoms with Crippen LogP contribution in [0.1, 0.15) is 11.3 Å². The van der Waals surface area contributed by atoms with Gasteiger partial charge < -0.3 is 5.11 Å². The first kappa shape index (κ1) is 14.4. The highest BCUT2D eigenvalue weighted by atomic mass is 35.5. The van der Waals surface area contributed by atoms with Crippen molar-refractivity contribution in [3.8, 4) is 16.9 Å². The number of phenols is 1. The maximum atomic E-state index is 9.86. The smallest absolute Gasteiger partial charge is 0.123 e. The lowest BCUT2D eigenvalue weighted by Gasteiger charge is -2.04. The molecule has 108 valence electrons. The molecule has 0 amide bonds. The van der Waals surface area contributed by atoms with Crippen molar-refractivity contribution in [1.82, 2.24) is 4.98 Å². The van der Waals surface area contributed by atoms with Crippen LogP contribution in [0.15, 0.2) is 66.9 Å². The van der Waals surface area contributed by atoms with E-state index in [0.29, 0.717) is 5.02 Å². The van der Waals surface area contributed by atoms with Crippen molar-refractivity contribution in [2.75, 3.05) is 0 Å². The number of hydrogen-bond donors (Lipinski definition) is 1. The SMILES string of the molecule is Oc1ccccc1-c1ccc(C=Cc2ccccc2Cl)nc1. The van der Waals surface area contributed by atoms with Gasteiger partial charge in [-0.05, 0) is 29.8 Å². The number of para-hydroxylation sites is 1. The molecule has 1 aromatic heterocycles. The molecule has 0 fully saturated rings. The molecule has 0 radical (unpaired) electrons. The van der Waals surface area contributed by atoms with Crippen LogP contribution < -0.4 is 0 Å². The highest BCUT2D eigenvalue weighted by Gasteiger charge is 2.03. The van der Waals surface area contributed by atoms with Gasteiger partial charge in [0.25, 0.3) is 0 Å². The summed E-state index contributed by atoms with van der Waals surface area (Å²) in [6, 6.07) is 18.7. The first-order valence-corrected chi connectivity index (χ1v) is 7.29. The van der Waals surface area contributed by atoms with E-state index in [2.05, 4.69) is 4.98 Å². The average molecular weight is 308 g/mol. The summed E-state index contributed by atoms with van der Waals surface area (Å²) >= 11 is 6.11. The molecule has 0 aliphatic carbocycles. The van der Waals surface area contributed by atoms with Gasteiger partial charge in [0.05, 0.1) is 5.69 Å². The lowest BCUT2D eigenvalue weighted by molar-refractivity contribution is 0.477. The van der Waals surface area contributed by atoms with Gasteiger partial charge in [-0.1, -0.05) is 60.1 Å². The number of halogens is 1. The zero-order chi connectivity index (χ0) is 15.4. The van der Waals surface area contributed by atoms with Crippen molar-refractivity contribution in [2.45, 2.75) is 0 Å². The minimum atomic E-state index is 0.253. The number of hydrogen-bond acceptors (Lipinski definition) is 2. The Morgan fingerprint density at radius 2 is 1.64 bits per heavy atom. The zero-order valence-electron chi connectivity index (χ0n) is 11.8. The Kier molecular flexibility index (Phi) is 4.22. The van der Waals surface area contributed by atoms with Crippen molar-refractivity contribution in [1.29, 1.82) is 0 Å². The molecule has 0 aliphatic heterocycles. The van der Waals surface area contributed by atoms with E-state index in [4.69, 9.17) is 11.6 Å². The van der Waals surface area contributed by atoms with Gasteiger partial charge in [-0.3, -0.25) is 4.98 Å². The van der Waals surface area contributed by atoms with E-state index in [1.807, 2.05) is 60.7 Å². The maximum Gasteiger partial charge on any atom is 0.123 e. The van der Waals surface area contributed by atoms with Crippen LogP contribution in [0.3, 0.4) is 0 Å². The van der Waals surface area contributed by atoms with Gasteiger partial charge in [-0.2, -0.15) is 0 Å². The Labute approximate surface area is 134 Å². The van der Waals surface area contributed by atoms with E-state index in [1.54, 1.807) is 18.3 Å². The summed E-state index contributed by atoms with van der Waals surface area (Å²) in [5.74, 6) is 0.253. The first-order chi connectivity index (χ1) is 10.7. The Balaban J connectivity index is 1.83. The molecule has 1 heterocycles. The minimum absolute atomic E-state index is 0.253. The summed E-state index contributed by atoms with van der Waals surface area (Å²) < 4.78 is 0. The fraction of sp³-hybridized carbons (Fsp3) is 0. The second-order valence-electron chi connectivity index (χ2n) is 4.84. The number of benzene rings is 2. The average Bonchev–Trinajstić information content (AvgIpc) is 2.55. The Morgan fingerprint density at radius 3 is 2.36 bits per heavy atom. The molecule has 3 aromatic rings. The predicted molar refractivity (Wildman–Crippen MR) is 91.7 cm³/mol. The minimum Gasteiger partial charge on any atom is -0.507 e. The van der Waals surface area contributed by atoms with E-state index in [0.717, 1.165) is 22.4 Å². The molecule has 0 saturated heterocycles. The van der Waals surface area contributed by atoms with Crippen molar-refractivity contribution >= 4 is 23.8 Å². The zero-order valence-corrected chi connectivity index (χ0v) is 12.5. The number of aromatic hydroxyl groups is 1. The first-order valence-electron chi connectivity index (χ1n) is 6.91. The highest BCUT2D eigenvalue weighted by molar-refractivity contribution is 6.32. The molecule has 0 bridgehead atoms. The fourth-order valence-corrected chi connectivity index (χ4v) is 2.37. The number of phenolic OH excluding ortho intramolecular Hbond substituents is 1. The summed E-state index contributed by atoms with van der Waals surface area (Å²) in [5.41, 5.74) is 3.44. The van der Waals surface area contributed by atoms with Gasteiger partial charge in [0.15, 0.2) is 0 Å². The van der Waals surface area contributed by atoms with E-state index >= 15 is 0 Å². The normalized spacial score (nSPS) is 11.0. The third kappa shape index (κ3) is 3.18. The van der Waals surface area contributed by atoms with Gasteiger partial charge in [-0.15, -0.1) is 0 Å². The van der Waals surface area contributed by atoms with Crippen molar-refractivity contribution in [3.63, 3.8) is 0 Å². The van der Waals surface area contributed by atoms with Crippen molar-refractivity contribution in [3.05, 3.63) is 83.1 Å². The topological polar surface area (TPSA) is 33.1 Å². The fourth-order valence-electron chi connectivity index (χ4n) is 2.17. The monoisotopic (exact) mass is 307 g/mol. The van der Waals surface area contributed by atoms with Crippen LogP contribution in [0.5, 0.6) is 5.75 Å². The molecule has 3 rings (SSSR count). The Bertz CT molecular complexity index is 810. The van der Waals surface area contributed by atoms with E-state index < -0.39 is 0 Å². The van der Waals surface area contributed by atoms with Gasteiger partial charge in [0.2, 0.25) is 0 Å². The molecule has 1 N–H and O–H groups in total. The summed E-state index contributed by atoms with van der Waals surface area (Å²) in [6.45, 7) is 0. The number of pyridine rings is 1. The Hall–Kier alpha value is -2.58. The molecular formula is C19H14ClNO. The van der Waals surface area contributed by atoms with Gasteiger partial charge in [0.1, 0.15) is 5.75 Å². The molecule has 0 unspecified atom stereocenters. The summed E-state index contributed by atoms with van der Waals surface area (Å²) in [6.07, 6.45) is 5.60. The van der Waals surface area contributed by atoms with Crippen LogP contribution in [0.2, 0.25) is 5.02 Å². The molecule has 22 heavy (non-hydrogen) atoms. The van der Waals surface area contributed by atoms with Crippen LogP contribution in [-0.2, 0) is 0 Å². The van der Waals surface area contributed by atoms with Crippen LogP contribution in [0.25, 0.3) is 23.3 Å². The number of nitrogens with zero attached hydrogens (tertiary/aromatic N) is 1. The van der Waals surface area contributed by atoms with E-state index in [9.17, 15) is 5.11 Å². The highest BCUT2D eigenvalue weighted by Crippen LogP contribution is 2.28. The van der Waals surface area contributed by atoms with Crippen LogP contribution >= 0.6 is 11.6 Å². The lowest BCUT2D eigenvalue weighted by atomic mass is 10.1. The molecule has 0 atom stereocenters. The summed E-state index contributed by atoms with van der Waals surface area (Å²) in [5, 5.41) is 10.6. The summed E-state index contributed by atoms with van der Waals surface area (Å²) in [4.78, 5) is 4.40. The van der Waals surface area contributed by atoms with Gasteiger partial charge in [-0.25, -0.2) is 0 Å². The van der Waals surface area contributed by atoms with E-state index in [1.165, 1.54) is 0 Å². The van der Waals surface area contributed by atoms with Crippen molar-refractivity contribution in [2.24, 2.45) is 0 Å². The summed E-state index contributed by atoms with van der Waals surface area (Å²) in [7, 11) is 0. The number of aromatic nitrogens is 1. The van der Waals surface area contributed by atoms with Crippen LogP contribution in [0, 0.1) is 0 Å². The second-order valence-corrected chi connectivity index (χ2v) is 5.25. The molecule has 0 saturated carbocycles. The third-order valence-corrected chi connectivity index (χ3v) is 3.68. The van der Waals surface area contributed by atoms with Crippen molar-refractivity contribution < 1.29 is 5.11 Å². The predicted octanol–water partition coefficient (Wildman–Crippen LogP) is 5.28. The molecule has 2 nitrogen and oxygen atoms in total. The van der Waals surface area contributed by atoms with Crippen LogP contribution in [0.4, 0.5) is 0 Å². The lowest BCUT2D eigenvalue weighted by Crippen LogP contribution is -1.84. The third-order valence-electron chi connectivity index (χ3n) is 3.34. The largest absolute Gasteiger partial charge is 0.507 e. The molecule has 0 aliphatic rings. The van der Waals surface area contributed by atoms with Gasteiger partial charge >= 0.3 is 0 Å². The molecular weight excluding hydrogens is 294 g/mol. The quantitative estimate of drug-likeness (QED) is 0.714. The van der Waals surface area contributed by atoms with Crippen LogP contribution in [-0.4, -0.2) is 10.1 Å². The second kappa shape index (κ2) is 6.46. The van der Waals surface area contributed by atoms with Gasteiger partial charge in [0, 0.05) is 22.3 Å². The molecule has 3 heteroatoms. The molecule has 0 spiro atoms. The van der Waals surface area contributed by atoms with E-state index in [-0.39, 0.29) is 5.75 Å². The molecule has 2 aromatic carbocycles. The maximum absolute atomic E-state index is 9.86. The Morgan fingerprint density at radius 1 is 0.864 bits per heavy atom. The standard InChI is InChI=1S/C19H14ClNO/c20-18-7-3-1-5-14(18)9-11-16-12-10-15(13-21-16)17-6-2-4-8-19(17)22/h1-13,22H.